The van der Waals surface area contributed by atoms with Gasteiger partial charge in [-0.05, 0) is 142 Å². The Balaban J connectivity index is 0.873. The Morgan fingerprint density at radius 1 is 0.694 bits per heavy atom. The van der Waals surface area contributed by atoms with Gasteiger partial charge in [0.1, 0.15) is 24.4 Å². The van der Waals surface area contributed by atoms with Crippen molar-refractivity contribution in [1.29, 1.82) is 0 Å². The molecule has 0 aromatic heterocycles. The number of ether oxygens (including phenoxy) is 1. The number of nitrogens with zero attached hydrogens (tertiary/aromatic N) is 2. The van der Waals surface area contributed by atoms with Crippen molar-refractivity contribution < 1.29 is 28.7 Å². The molecule has 14 heteroatoms. The first-order chi connectivity index (χ1) is 34.7. The smallest absolute Gasteiger partial charge is 0.251 e. The first kappa shape index (κ1) is 52.2. The van der Waals surface area contributed by atoms with Crippen LogP contribution in [0.3, 0.4) is 0 Å². The standard InChI is InChI=1S/C58H76N8O6/c1-37(59-5)53(67)64-49(56(70)65-32-12-11-23-50(65)55(69)63-48-22-14-18-41-16-8-10-20-46(41)48)33-38-26-30-44(31-27-38)72-36-39-24-28-42(29-25-39)54(68)61-43-34-51(66(35-43)57(71)52(60-6)58(2,3)4)62-47-21-13-17-40-15-7-9-19-45(40)47/h7-10,15-16,19-20,24-31,37,43,47-52,59-60,62H,11-14,17-18,21-23,32-36H2,1-6H3,(H,61,68)(H,63,69)(H,64,67)/t37-,43-,47+,48+,49-,50?,51?,52?/m0/s1. The number of carbonyl (C=O) groups is 5. The molecule has 0 saturated carbocycles. The second-order valence-corrected chi connectivity index (χ2v) is 21.4. The lowest BCUT2D eigenvalue weighted by molar-refractivity contribution is -0.145. The average molecular weight is 981 g/mol. The highest BCUT2D eigenvalue weighted by molar-refractivity contribution is 5.95. The van der Waals surface area contributed by atoms with Crippen molar-refractivity contribution >= 4 is 29.5 Å². The third kappa shape index (κ3) is 12.6. The lowest BCUT2D eigenvalue weighted by Gasteiger charge is -2.38. The van der Waals surface area contributed by atoms with Crippen molar-refractivity contribution in [2.45, 2.75) is 153 Å². The van der Waals surface area contributed by atoms with Crippen LogP contribution >= 0.6 is 0 Å². The molecule has 4 aromatic carbocycles. The Labute approximate surface area is 426 Å². The maximum absolute atomic E-state index is 14.5. The van der Waals surface area contributed by atoms with Crippen LogP contribution in [-0.4, -0.2) is 103 Å². The molecule has 384 valence electrons. The number of piperidine rings is 1. The van der Waals surface area contributed by atoms with Gasteiger partial charge in [-0.1, -0.05) is 93.6 Å². The first-order valence-electron chi connectivity index (χ1n) is 26.3. The summed E-state index contributed by atoms with van der Waals surface area (Å²) in [5.41, 5.74) is 6.97. The van der Waals surface area contributed by atoms with Gasteiger partial charge in [-0.2, -0.15) is 0 Å². The number of aryl methyl sites for hydroxylation is 2. The highest BCUT2D eigenvalue weighted by Crippen LogP contribution is 2.34. The zero-order chi connectivity index (χ0) is 50.9. The van der Waals surface area contributed by atoms with Crippen molar-refractivity contribution in [2.24, 2.45) is 5.41 Å². The minimum atomic E-state index is -0.883. The maximum atomic E-state index is 14.5. The van der Waals surface area contributed by atoms with Gasteiger partial charge >= 0.3 is 0 Å². The third-order valence-corrected chi connectivity index (χ3v) is 15.3. The quantitative estimate of drug-likeness (QED) is 0.0697. The fourth-order valence-corrected chi connectivity index (χ4v) is 11.2. The topological polar surface area (TPSA) is 173 Å². The molecular formula is C58H76N8O6. The average Bonchev–Trinajstić information content (AvgIpc) is 3.79. The summed E-state index contributed by atoms with van der Waals surface area (Å²) in [6.45, 7) is 9.06. The van der Waals surface area contributed by atoms with Crippen LogP contribution in [0.15, 0.2) is 97.1 Å². The summed E-state index contributed by atoms with van der Waals surface area (Å²) >= 11 is 0. The second kappa shape index (κ2) is 23.6. The second-order valence-electron chi connectivity index (χ2n) is 21.4. The first-order valence-corrected chi connectivity index (χ1v) is 26.3. The number of hydrogen-bond acceptors (Lipinski definition) is 9. The predicted octanol–water partition coefficient (Wildman–Crippen LogP) is 6.43. The van der Waals surface area contributed by atoms with Crippen molar-refractivity contribution in [2.75, 3.05) is 27.2 Å². The number of likely N-dealkylation sites (N-methyl/N-ethyl adjacent to an activating group) is 2. The van der Waals surface area contributed by atoms with E-state index in [0.717, 1.165) is 68.1 Å². The Morgan fingerprint density at radius 3 is 1.99 bits per heavy atom. The summed E-state index contributed by atoms with van der Waals surface area (Å²) in [6.07, 6.45) is 8.73. The summed E-state index contributed by atoms with van der Waals surface area (Å²) < 4.78 is 6.17. The van der Waals surface area contributed by atoms with E-state index in [1.54, 1.807) is 31.0 Å². The Bertz CT molecular complexity index is 2530. The Kier molecular flexibility index (Phi) is 17.1. The summed E-state index contributed by atoms with van der Waals surface area (Å²) in [6, 6.07) is 29.0. The van der Waals surface area contributed by atoms with E-state index in [2.05, 4.69) is 89.1 Å². The number of rotatable bonds is 17. The monoisotopic (exact) mass is 981 g/mol. The number of amides is 5. The van der Waals surface area contributed by atoms with Gasteiger partial charge in [0.15, 0.2) is 0 Å². The lowest BCUT2D eigenvalue weighted by atomic mass is 9.85. The summed E-state index contributed by atoms with van der Waals surface area (Å²) in [7, 11) is 3.53. The Morgan fingerprint density at radius 2 is 1.33 bits per heavy atom. The van der Waals surface area contributed by atoms with Crippen molar-refractivity contribution in [3.05, 3.63) is 136 Å². The largest absolute Gasteiger partial charge is 0.489 e. The van der Waals surface area contributed by atoms with Gasteiger partial charge in [0.2, 0.25) is 23.6 Å². The van der Waals surface area contributed by atoms with Crippen LogP contribution in [0.5, 0.6) is 5.75 Å². The molecule has 0 spiro atoms. The lowest BCUT2D eigenvalue weighted by Crippen LogP contribution is -2.59. The minimum Gasteiger partial charge on any atom is -0.489 e. The van der Waals surface area contributed by atoms with E-state index in [-0.39, 0.29) is 78.3 Å². The number of likely N-dealkylation sites (tertiary alicyclic amines) is 2. The van der Waals surface area contributed by atoms with Gasteiger partial charge in [-0.25, -0.2) is 0 Å². The summed E-state index contributed by atoms with van der Waals surface area (Å²) in [4.78, 5) is 73.3. The van der Waals surface area contributed by atoms with E-state index in [0.29, 0.717) is 37.2 Å². The van der Waals surface area contributed by atoms with Crippen molar-refractivity contribution in [3.63, 3.8) is 0 Å². The fraction of sp³-hybridized carbons (Fsp3) is 0.500. The highest BCUT2D eigenvalue weighted by Gasteiger charge is 2.43. The molecule has 14 nitrogen and oxygen atoms in total. The van der Waals surface area contributed by atoms with Crippen LogP contribution < -0.4 is 36.6 Å². The fourth-order valence-electron chi connectivity index (χ4n) is 11.2. The third-order valence-electron chi connectivity index (χ3n) is 15.3. The van der Waals surface area contributed by atoms with E-state index >= 15 is 0 Å². The molecule has 8 atom stereocenters. The van der Waals surface area contributed by atoms with Crippen LogP contribution in [0.4, 0.5) is 0 Å². The number of fused-ring (bicyclic) bond motifs is 2. The van der Waals surface area contributed by atoms with Crippen LogP contribution in [0.25, 0.3) is 0 Å². The molecule has 6 N–H and O–H groups in total. The molecule has 2 aliphatic heterocycles. The van der Waals surface area contributed by atoms with Crippen molar-refractivity contribution in [3.8, 4) is 5.75 Å². The molecule has 0 radical (unpaired) electrons. The van der Waals surface area contributed by atoms with Gasteiger partial charge in [0.25, 0.3) is 5.91 Å². The minimum absolute atomic E-state index is 0.0232. The molecule has 2 fully saturated rings. The molecule has 72 heavy (non-hydrogen) atoms. The SMILES string of the molecule is CNC(C(=O)N1C[C@@H](NC(=O)c2ccc(COc3ccc(C[C@H](NC(=O)[C@H](C)NC)C(=O)N4CCCCC4C(=O)N[C@@H]4CCCc5ccccc54)cc3)cc2)CC1N[C@@H]1CCCc2ccccc21)C(C)(C)C. The maximum Gasteiger partial charge on any atom is 0.251 e. The molecule has 8 rings (SSSR count). The number of benzene rings is 4. The molecule has 5 amide bonds. The molecule has 4 aliphatic rings. The van der Waals surface area contributed by atoms with Crippen LogP contribution in [-0.2, 0) is 45.0 Å². The highest BCUT2D eigenvalue weighted by atomic mass is 16.5. The van der Waals surface area contributed by atoms with Crippen LogP contribution in [0, 0.1) is 5.41 Å². The zero-order valence-corrected chi connectivity index (χ0v) is 43.1. The molecular weight excluding hydrogens is 905 g/mol. The summed E-state index contributed by atoms with van der Waals surface area (Å²) in [5, 5.41) is 19.6. The number of carbonyl (C=O) groups excluding carboxylic acids is 5. The molecule has 4 aromatic rings. The zero-order valence-electron chi connectivity index (χ0n) is 43.1. The molecule has 2 aliphatic carbocycles. The molecule has 0 bridgehead atoms. The van der Waals surface area contributed by atoms with Gasteiger partial charge in [0.05, 0.1) is 30.3 Å². The number of nitrogens with one attached hydrogen (secondary N) is 6. The van der Waals surface area contributed by atoms with E-state index in [1.807, 2.05) is 60.5 Å². The van der Waals surface area contributed by atoms with E-state index < -0.39 is 18.1 Å². The van der Waals surface area contributed by atoms with E-state index in [9.17, 15) is 24.0 Å². The number of hydrogen-bond donors (Lipinski definition) is 6. The predicted molar refractivity (Wildman–Crippen MR) is 280 cm³/mol. The van der Waals surface area contributed by atoms with Crippen molar-refractivity contribution in [1.82, 2.24) is 41.7 Å². The van der Waals surface area contributed by atoms with E-state index in [4.69, 9.17) is 4.74 Å². The molecule has 2 heterocycles. The normalized spacial score (nSPS) is 22.1. The van der Waals surface area contributed by atoms with E-state index in [1.165, 1.54) is 16.7 Å². The van der Waals surface area contributed by atoms with Gasteiger partial charge in [-0.15, -0.1) is 0 Å². The Hall–Kier alpha value is -6.09. The summed E-state index contributed by atoms with van der Waals surface area (Å²) in [5.74, 6) is -0.261. The van der Waals surface area contributed by atoms with Gasteiger partial charge < -0.3 is 41.1 Å². The molecule has 2 saturated heterocycles. The van der Waals surface area contributed by atoms with Crippen LogP contribution in [0.1, 0.15) is 135 Å². The van der Waals surface area contributed by atoms with Gasteiger partial charge in [0, 0.05) is 37.5 Å². The van der Waals surface area contributed by atoms with Gasteiger partial charge in [-0.3, -0.25) is 29.3 Å². The van der Waals surface area contributed by atoms with Crippen LogP contribution in [0.2, 0.25) is 0 Å². The molecule has 3 unspecified atom stereocenters.